The summed E-state index contributed by atoms with van der Waals surface area (Å²) in [5.41, 5.74) is 1.03. The Balaban J connectivity index is 2.27. The Morgan fingerprint density at radius 2 is 1.94 bits per heavy atom. The van der Waals surface area contributed by atoms with Crippen LogP contribution in [-0.4, -0.2) is 27.1 Å². The Morgan fingerprint density at radius 3 is 2.56 bits per heavy atom. The lowest BCUT2D eigenvalue weighted by Gasteiger charge is -1.99. The third-order valence-electron chi connectivity index (χ3n) is 2.13. The zero-order valence-electron chi connectivity index (χ0n) is 10.2. The number of hydrogen-bond acceptors (Lipinski definition) is 4. The van der Waals surface area contributed by atoms with Gasteiger partial charge in [0.1, 0.15) is 5.78 Å². The summed E-state index contributed by atoms with van der Waals surface area (Å²) in [5.74, 6) is -0.0502. The first-order valence-electron chi connectivity index (χ1n) is 5.55. The molecule has 0 atom stereocenters. The largest absolute Gasteiger partial charge is 0.299 e. The minimum absolute atomic E-state index is 0.0502. The molecule has 1 aromatic rings. The highest BCUT2D eigenvalue weighted by atomic mass is 32.2. The number of allylic oxidation sites excluding steroid dienone is 1. The van der Waals surface area contributed by atoms with Gasteiger partial charge in [0, 0.05) is 12.8 Å². The van der Waals surface area contributed by atoms with E-state index in [4.69, 9.17) is 0 Å². The third kappa shape index (κ3) is 6.98. The highest BCUT2D eigenvalue weighted by molar-refractivity contribution is 7.85. The molecule has 1 rings (SSSR count). The van der Waals surface area contributed by atoms with Crippen LogP contribution < -0.4 is 0 Å². The van der Waals surface area contributed by atoms with Crippen LogP contribution in [0.5, 0.6) is 0 Å². The quantitative estimate of drug-likeness (QED) is 0.710. The van der Waals surface area contributed by atoms with Gasteiger partial charge in [0.15, 0.2) is 0 Å². The minimum atomic E-state index is -3.45. The van der Waals surface area contributed by atoms with Crippen molar-refractivity contribution in [3.05, 3.63) is 42.0 Å². The molecule has 18 heavy (non-hydrogen) atoms. The van der Waals surface area contributed by atoms with Crippen LogP contribution in [0.3, 0.4) is 0 Å². The van der Waals surface area contributed by atoms with E-state index in [0.717, 1.165) is 11.8 Å². The van der Waals surface area contributed by atoms with E-state index in [1.165, 1.54) is 0 Å². The molecule has 0 aliphatic rings. The van der Waals surface area contributed by atoms with Crippen molar-refractivity contribution in [3.63, 3.8) is 0 Å². The van der Waals surface area contributed by atoms with Crippen molar-refractivity contribution in [2.45, 2.75) is 12.8 Å². The summed E-state index contributed by atoms with van der Waals surface area (Å²) in [6.07, 6.45) is 4.97. The molecule has 0 aromatic heterocycles. The summed E-state index contributed by atoms with van der Waals surface area (Å²) in [6.45, 7) is -0.0865. The number of benzene rings is 1. The van der Waals surface area contributed by atoms with Gasteiger partial charge in [-0.1, -0.05) is 42.5 Å². The second kappa shape index (κ2) is 7.08. The van der Waals surface area contributed by atoms with Gasteiger partial charge in [-0.05, 0) is 5.56 Å². The lowest BCUT2D eigenvalue weighted by molar-refractivity contribution is -0.118. The van der Waals surface area contributed by atoms with Crippen LogP contribution >= 0.6 is 0 Å². The Bertz CT molecular complexity index is 503. The summed E-state index contributed by atoms with van der Waals surface area (Å²) in [4.78, 5) is 11.4. The van der Waals surface area contributed by atoms with Gasteiger partial charge in [-0.3, -0.25) is 8.98 Å². The molecule has 0 spiro atoms. The summed E-state index contributed by atoms with van der Waals surface area (Å²) < 4.78 is 25.8. The molecule has 0 unspecified atom stereocenters. The first-order valence-corrected chi connectivity index (χ1v) is 7.37. The van der Waals surface area contributed by atoms with Crippen molar-refractivity contribution in [2.75, 3.05) is 12.9 Å². The molecular weight excluding hydrogens is 252 g/mol. The molecule has 0 heterocycles. The molecule has 0 saturated carbocycles. The summed E-state index contributed by atoms with van der Waals surface area (Å²) in [5, 5.41) is 0. The maximum Gasteiger partial charge on any atom is 0.264 e. The van der Waals surface area contributed by atoms with Gasteiger partial charge in [-0.25, -0.2) is 0 Å². The fraction of sp³-hybridized carbons (Fsp3) is 0.308. The van der Waals surface area contributed by atoms with Crippen molar-refractivity contribution >= 4 is 22.0 Å². The summed E-state index contributed by atoms with van der Waals surface area (Å²) in [7, 11) is -3.45. The molecule has 0 fully saturated rings. The average Bonchev–Trinajstić information content (AvgIpc) is 2.28. The molecule has 0 amide bonds. The van der Waals surface area contributed by atoms with Crippen molar-refractivity contribution in [2.24, 2.45) is 0 Å². The first-order chi connectivity index (χ1) is 8.47. The van der Waals surface area contributed by atoms with E-state index < -0.39 is 10.1 Å². The predicted molar refractivity (Wildman–Crippen MR) is 70.5 cm³/mol. The van der Waals surface area contributed by atoms with Crippen LogP contribution in [0.2, 0.25) is 0 Å². The van der Waals surface area contributed by atoms with E-state index in [9.17, 15) is 13.2 Å². The molecule has 0 aliphatic heterocycles. The van der Waals surface area contributed by atoms with E-state index >= 15 is 0 Å². The maximum absolute atomic E-state index is 11.4. The molecule has 0 radical (unpaired) electrons. The first kappa shape index (κ1) is 14.6. The molecule has 0 N–H and O–H groups in total. The van der Waals surface area contributed by atoms with Crippen LogP contribution in [0.4, 0.5) is 0 Å². The zero-order valence-corrected chi connectivity index (χ0v) is 11.0. The van der Waals surface area contributed by atoms with Gasteiger partial charge in [-0.2, -0.15) is 8.42 Å². The Hall–Kier alpha value is -1.46. The highest BCUT2D eigenvalue weighted by Gasteiger charge is 2.04. The fourth-order valence-corrected chi connectivity index (χ4v) is 1.69. The van der Waals surface area contributed by atoms with E-state index in [1.54, 1.807) is 6.08 Å². The minimum Gasteiger partial charge on any atom is -0.299 e. The number of rotatable bonds is 7. The van der Waals surface area contributed by atoms with Gasteiger partial charge < -0.3 is 0 Å². The fourth-order valence-electron chi connectivity index (χ4n) is 1.30. The average molecular weight is 268 g/mol. The highest BCUT2D eigenvalue weighted by Crippen LogP contribution is 2.03. The van der Waals surface area contributed by atoms with Crippen LogP contribution in [0.15, 0.2) is 36.4 Å². The van der Waals surface area contributed by atoms with E-state index in [1.807, 2.05) is 36.4 Å². The molecular formula is C13H16O4S. The van der Waals surface area contributed by atoms with Crippen molar-refractivity contribution in [1.29, 1.82) is 0 Å². The van der Waals surface area contributed by atoms with Gasteiger partial charge in [0.2, 0.25) is 0 Å². The Morgan fingerprint density at radius 1 is 1.28 bits per heavy atom. The number of carbonyl (C=O) groups is 1. The molecule has 1 aromatic carbocycles. The number of hydrogen-bond donors (Lipinski definition) is 0. The van der Waals surface area contributed by atoms with Crippen molar-refractivity contribution in [3.8, 4) is 0 Å². The van der Waals surface area contributed by atoms with Crippen molar-refractivity contribution in [1.82, 2.24) is 0 Å². The van der Waals surface area contributed by atoms with Gasteiger partial charge >= 0.3 is 0 Å². The number of Topliss-reactive ketones (excluding diaryl/α,β-unsaturated/α-hetero) is 1. The molecule has 4 nitrogen and oxygen atoms in total. The standard InChI is InChI=1S/C13H16O4S/c1-18(15,16)17-11-10-13(14)9-5-8-12-6-3-2-4-7-12/h2-8H,9-11H2,1H3/b8-5+. The van der Waals surface area contributed by atoms with Gasteiger partial charge in [0.25, 0.3) is 10.1 Å². The lowest BCUT2D eigenvalue weighted by atomic mass is 10.1. The summed E-state index contributed by atoms with van der Waals surface area (Å²) >= 11 is 0. The topological polar surface area (TPSA) is 60.4 Å². The SMILES string of the molecule is CS(=O)(=O)OCCC(=O)C/C=C/c1ccccc1. The number of carbonyl (C=O) groups excluding carboxylic acids is 1. The maximum atomic E-state index is 11.4. The second-order valence-electron chi connectivity index (χ2n) is 3.83. The molecule has 0 saturated heterocycles. The Kier molecular flexibility index (Phi) is 5.74. The molecule has 5 heteroatoms. The summed E-state index contributed by atoms with van der Waals surface area (Å²) in [6, 6.07) is 9.63. The smallest absolute Gasteiger partial charge is 0.264 e. The van der Waals surface area contributed by atoms with Gasteiger partial charge in [0.05, 0.1) is 12.9 Å². The third-order valence-corrected chi connectivity index (χ3v) is 2.73. The monoisotopic (exact) mass is 268 g/mol. The zero-order chi connectivity index (χ0) is 13.4. The molecule has 0 bridgehead atoms. The van der Waals surface area contributed by atoms with E-state index in [2.05, 4.69) is 4.18 Å². The van der Waals surface area contributed by atoms with Crippen LogP contribution in [0.25, 0.3) is 6.08 Å². The second-order valence-corrected chi connectivity index (χ2v) is 5.48. The lowest BCUT2D eigenvalue weighted by Crippen LogP contribution is -2.08. The van der Waals surface area contributed by atoms with Crippen LogP contribution in [0.1, 0.15) is 18.4 Å². The van der Waals surface area contributed by atoms with Gasteiger partial charge in [-0.15, -0.1) is 0 Å². The van der Waals surface area contributed by atoms with Crippen molar-refractivity contribution < 1.29 is 17.4 Å². The van der Waals surface area contributed by atoms with E-state index in [0.29, 0.717) is 0 Å². The Labute approximate surface area is 107 Å². The van der Waals surface area contributed by atoms with Crippen LogP contribution in [0, 0.1) is 0 Å². The molecule has 0 aliphatic carbocycles. The van der Waals surface area contributed by atoms with Crippen LogP contribution in [-0.2, 0) is 19.1 Å². The molecule has 98 valence electrons. The van der Waals surface area contributed by atoms with E-state index in [-0.39, 0.29) is 25.2 Å². The normalized spacial score (nSPS) is 11.8. The predicted octanol–water partition coefficient (Wildman–Crippen LogP) is 2.03. The number of ketones is 1.